The molecule has 0 aromatic heterocycles. The smallest absolute Gasteiger partial charge is 0.860 e. The van der Waals surface area contributed by atoms with Crippen LogP contribution in [-0.4, -0.2) is 34.3 Å². The van der Waals surface area contributed by atoms with Crippen LogP contribution in [0.3, 0.4) is 0 Å². The van der Waals surface area contributed by atoms with Gasteiger partial charge in [-0.25, -0.2) is 0 Å². The molecule has 2 aromatic carbocycles. The van der Waals surface area contributed by atoms with E-state index in [1.807, 2.05) is 4.90 Å². The molecule has 1 radical (unpaired) electrons. The molecule has 0 saturated carbocycles. The Kier molecular flexibility index (Phi) is 22.6. The minimum Gasteiger partial charge on any atom is -0.860 e. The summed E-state index contributed by atoms with van der Waals surface area (Å²) >= 11 is 0. The van der Waals surface area contributed by atoms with Crippen molar-refractivity contribution in [1.29, 1.82) is 0 Å². The summed E-state index contributed by atoms with van der Waals surface area (Å²) in [6, 6.07) is 0.321. The van der Waals surface area contributed by atoms with Crippen molar-refractivity contribution in [1.82, 2.24) is 0 Å². The molecule has 2 aromatic rings. The van der Waals surface area contributed by atoms with Gasteiger partial charge in [0.25, 0.3) is 0 Å². The third kappa shape index (κ3) is 21.2. The number of hydrogen-bond acceptors (Lipinski definition) is 6. The number of quaternary nitrogens is 1. The van der Waals surface area contributed by atoms with Crippen molar-refractivity contribution < 1.29 is 106 Å². The number of unbranched alkanes of at least 4 members (excludes halogenated alkanes) is 3. The molecule has 0 saturated heterocycles. The molecular weight excluding hydrogens is 797 g/mol. The summed E-state index contributed by atoms with van der Waals surface area (Å²) in [5.41, 5.74) is -6.64. The summed E-state index contributed by atoms with van der Waals surface area (Å²) < 4.78 is 155. The van der Waals surface area contributed by atoms with E-state index in [4.69, 9.17) is 0 Å². The molecule has 2 rings (SSSR count). The molecule has 1 N–H and O–H groups in total. The Morgan fingerprint density at radius 2 is 0.700 bits per heavy atom. The first-order valence-corrected chi connectivity index (χ1v) is 14.7. The van der Waals surface area contributed by atoms with Crippen LogP contribution in [0.5, 0.6) is 11.5 Å². The zero-order chi connectivity index (χ0) is 38.2. The third-order valence-electron chi connectivity index (χ3n) is 6.24. The average molecular weight is 831 g/mol. The van der Waals surface area contributed by atoms with Crippen LogP contribution in [0, 0.1) is 0 Å². The van der Waals surface area contributed by atoms with Crippen LogP contribution in [-0.2, 0) is 44.2 Å². The predicted molar refractivity (Wildman–Crippen MR) is 146 cm³/mol. The SMILES string of the molecule is CCCC[NH+](CCCC)CCCC.[O-]B([O-])Oc1cc(C(F)(F)F)cc(C(F)(F)F)c1.[O-]B([O-])Oc1cc(C(F)(F)F)cc(C(F)(F)F)c1.[Ru+3]. The number of hydrogen-bond donors (Lipinski definition) is 1. The van der Waals surface area contributed by atoms with Gasteiger partial charge in [-0.3, -0.25) is 0 Å². The molecule has 0 bridgehead atoms. The maximum absolute atomic E-state index is 12.3. The van der Waals surface area contributed by atoms with Crippen molar-refractivity contribution >= 4 is 14.6 Å². The Morgan fingerprint density at radius 1 is 0.480 bits per heavy atom. The Bertz CT molecular complexity index is 1070. The van der Waals surface area contributed by atoms with Gasteiger partial charge in [-0.05, 0) is 55.7 Å². The largest absolute Gasteiger partial charge is 3.00 e. The van der Waals surface area contributed by atoms with Crippen molar-refractivity contribution in [3.05, 3.63) is 58.7 Å². The van der Waals surface area contributed by atoms with Gasteiger partial charge < -0.3 is 34.3 Å². The second-order valence-corrected chi connectivity index (χ2v) is 10.4. The fourth-order valence-electron chi connectivity index (χ4n) is 3.87. The van der Waals surface area contributed by atoms with Crippen LogP contribution < -0.4 is 34.3 Å². The molecule has 7 nitrogen and oxygen atoms in total. The summed E-state index contributed by atoms with van der Waals surface area (Å²) in [4.78, 5) is 1.84. The number of benzene rings is 2. The van der Waals surface area contributed by atoms with Gasteiger partial charge in [0.15, 0.2) is 0 Å². The van der Waals surface area contributed by atoms with Crippen molar-refractivity contribution in [2.24, 2.45) is 0 Å². The normalized spacial score (nSPS) is 11.8. The number of alkyl halides is 12. The summed E-state index contributed by atoms with van der Waals surface area (Å²) in [6.45, 7) is 11.1. The van der Waals surface area contributed by atoms with E-state index in [1.54, 1.807) is 0 Å². The molecule has 0 spiro atoms. The zero-order valence-corrected chi connectivity index (χ0v) is 28.6. The number of rotatable bonds is 13. The van der Waals surface area contributed by atoms with Gasteiger partial charge in [0.2, 0.25) is 0 Å². The summed E-state index contributed by atoms with van der Waals surface area (Å²) in [7, 11) is -6.04. The van der Waals surface area contributed by atoms with Crippen molar-refractivity contribution in [3.8, 4) is 11.5 Å². The van der Waals surface area contributed by atoms with Crippen molar-refractivity contribution in [2.75, 3.05) is 19.6 Å². The van der Waals surface area contributed by atoms with Gasteiger partial charge in [0, 0.05) is 0 Å². The van der Waals surface area contributed by atoms with E-state index in [2.05, 4.69) is 30.1 Å². The maximum Gasteiger partial charge on any atom is 3.00 e. The second-order valence-electron chi connectivity index (χ2n) is 10.4. The monoisotopic (exact) mass is 832 g/mol. The molecule has 22 heteroatoms. The Balaban J connectivity index is 0. The van der Waals surface area contributed by atoms with E-state index in [0.717, 1.165) is 0 Å². The van der Waals surface area contributed by atoms with E-state index in [9.17, 15) is 72.8 Å². The standard InChI is InChI=1S/C12H27N.2C8H3BF6O3.Ru/c1-4-7-10-13(11-8-5-2)12-9-6-3;2*10-7(11,12)4-1-5(8(13,14)15)3-6(2-4)18-9(16)17;/h4-12H2,1-3H3;2*1-3H;/q;2*-2;+3/p+1. The van der Waals surface area contributed by atoms with Gasteiger partial charge >= 0.3 is 44.2 Å². The van der Waals surface area contributed by atoms with E-state index in [1.165, 1.54) is 58.2 Å². The van der Waals surface area contributed by atoms with Crippen LogP contribution in [0.2, 0.25) is 0 Å². The first-order valence-electron chi connectivity index (χ1n) is 14.7. The minimum absolute atomic E-state index is 0. The summed E-state index contributed by atoms with van der Waals surface area (Å²) in [5, 5.41) is 40.3. The van der Waals surface area contributed by atoms with Crippen LogP contribution in [0.25, 0.3) is 0 Å². The van der Waals surface area contributed by atoms with Gasteiger partial charge in [-0.15, -0.1) is 0 Å². The summed E-state index contributed by atoms with van der Waals surface area (Å²) in [5.74, 6) is -2.15. The molecule has 0 atom stereocenters. The quantitative estimate of drug-likeness (QED) is 0.242. The molecule has 0 unspecified atom stereocenters. The maximum atomic E-state index is 12.3. The number of halogens is 12. The molecule has 50 heavy (non-hydrogen) atoms. The van der Waals surface area contributed by atoms with Gasteiger partial charge in [0.1, 0.15) is 14.6 Å². The summed E-state index contributed by atoms with van der Waals surface area (Å²) in [6.07, 6.45) is -12.0. The molecule has 285 valence electrons. The van der Waals surface area contributed by atoms with E-state index < -0.39 is 73.1 Å². The fraction of sp³-hybridized carbons (Fsp3) is 0.571. The molecule has 0 aliphatic carbocycles. The minimum atomic E-state index is -5.05. The molecule has 0 aliphatic heterocycles. The Labute approximate surface area is 294 Å². The molecular formula is C28H34B2F12NO6Ru. The average Bonchev–Trinajstić information content (AvgIpc) is 2.94. The zero-order valence-electron chi connectivity index (χ0n) is 26.8. The Morgan fingerprint density at radius 3 is 0.860 bits per heavy atom. The van der Waals surface area contributed by atoms with Gasteiger partial charge in [-0.1, -0.05) is 40.0 Å². The number of nitrogens with one attached hydrogen (secondary N) is 1. The predicted octanol–water partition coefficient (Wildman–Crippen LogP) is 3.89. The molecule has 0 heterocycles. The van der Waals surface area contributed by atoms with E-state index in [-0.39, 0.29) is 55.9 Å². The topological polar surface area (TPSA) is 115 Å². The Hall–Kier alpha value is -2.25. The first-order chi connectivity index (χ1) is 22.3. The van der Waals surface area contributed by atoms with Crippen LogP contribution in [0.1, 0.15) is 81.5 Å². The van der Waals surface area contributed by atoms with E-state index in [0.29, 0.717) is 0 Å². The van der Waals surface area contributed by atoms with Gasteiger partial charge in [-0.2, -0.15) is 52.7 Å². The second kappa shape index (κ2) is 22.6. The molecule has 0 fully saturated rings. The fourth-order valence-corrected chi connectivity index (χ4v) is 3.87. The van der Waals surface area contributed by atoms with Crippen molar-refractivity contribution in [2.45, 2.75) is 84.0 Å². The molecule has 0 aliphatic rings. The van der Waals surface area contributed by atoms with Crippen LogP contribution >= 0.6 is 0 Å². The van der Waals surface area contributed by atoms with Gasteiger partial charge in [0.05, 0.1) is 53.4 Å². The molecule has 0 amide bonds. The van der Waals surface area contributed by atoms with E-state index >= 15 is 0 Å². The van der Waals surface area contributed by atoms with Crippen molar-refractivity contribution in [3.63, 3.8) is 0 Å². The van der Waals surface area contributed by atoms with Crippen LogP contribution in [0.4, 0.5) is 52.7 Å². The van der Waals surface area contributed by atoms with Crippen LogP contribution in [0.15, 0.2) is 36.4 Å². The first kappa shape index (κ1) is 49.9. The third-order valence-corrected chi connectivity index (χ3v) is 6.24.